The summed E-state index contributed by atoms with van der Waals surface area (Å²) in [5, 5.41) is 8.72. The molecule has 1 aromatic heterocycles. The van der Waals surface area contributed by atoms with Gasteiger partial charge in [0.15, 0.2) is 11.6 Å². The molecule has 0 saturated carbocycles. The van der Waals surface area contributed by atoms with Crippen LogP contribution in [0.15, 0.2) is 28.7 Å². The maximum absolute atomic E-state index is 12.6. The van der Waals surface area contributed by atoms with Gasteiger partial charge in [-0.2, -0.15) is 13.2 Å². The Balaban J connectivity index is 2.17. The molecule has 0 atom stereocenters. The molecule has 1 aromatic carbocycles. The highest BCUT2D eigenvalue weighted by Gasteiger charge is 2.41. The van der Waals surface area contributed by atoms with Crippen LogP contribution >= 0.6 is 0 Å². The van der Waals surface area contributed by atoms with Gasteiger partial charge in [0, 0.05) is 6.42 Å². The largest absolute Gasteiger partial charge is 0.475 e. The van der Waals surface area contributed by atoms with E-state index < -0.39 is 23.6 Å². The molecule has 0 spiro atoms. The van der Waals surface area contributed by atoms with Crippen molar-refractivity contribution in [3.05, 3.63) is 52.7 Å². The number of hydrogen-bond donors (Lipinski definition) is 1. The number of alkyl halides is 3. The number of aromatic carboxylic acids is 1. The number of hydrogen-bond acceptors (Lipinski definition) is 3. The highest BCUT2D eigenvalue weighted by molar-refractivity contribution is 5.85. The van der Waals surface area contributed by atoms with Crippen molar-refractivity contribution >= 4 is 5.97 Å². The zero-order chi connectivity index (χ0) is 15.6. The SMILES string of the molecule is Cc1ccc(CCc2nc(C(F)(F)F)c(C(=O)O)o2)cc1. The summed E-state index contributed by atoms with van der Waals surface area (Å²) in [5.74, 6) is -3.18. The van der Waals surface area contributed by atoms with Gasteiger partial charge < -0.3 is 9.52 Å². The van der Waals surface area contributed by atoms with Crippen LogP contribution in [0.4, 0.5) is 13.2 Å². The van der Waals surface area contributed by atoms with Crippen molar-refractivity contribution in [2.75, 3.05) is 0 Å². The topological polar surface area (TPSA) is 63.3 Å². The third kappa shape index (κ3) is 3.62. The lowest BCUT2D eigenvalue weighted by molar-refractivity contribution is -0.141. The molecular formula is C14H12F3NO3. The molecule has 1 N–H and O–H groups in total. The van der Waals surface area contributed by atoms with Crippen molar-refractivity contribution in [3.63, 3.8) is 0 Å². The van der Waals surface area contributed by atoms with Gasteiger partial charge in [-0.25, -0.2) is 9.78 Å². The maximum Gasteiger partial charge on any atom is 0.437 e. The van der Waals surface area contributed by atoms with Crippen molar-refractivity contribution in [2.45, 2.75) is 25.9 Å². The number of carboxylic acids is 1. The van der Waals surface area contributed by atoms with Crippen LogP contribution in [0.5, 0.6) is 0 Å². The minimum absolute atomic E-state index is 0.0966. The number of aromatic nitrogens is 1. The van der Waals surface area contributed by atoms with Gasteiger partial charge >= 0.3 is 12.1 Å². The van der Waals surface area contributed by atoms with Gasteiger partial charge in [-0.3, -0.25) is 0 Å². The van der Waals surface area contributed by atoms with Gasteiger partial charge in [-0.05, 0) is 18.9 Å². The molecule has 1 heterocycles. The predicted octanol–water partition coefficient (Wildman–Crippen LogP) is 3.49. The highest BCUT2D eigenvalue weighted by Crippen LogP contribution is 2.32. The first-order valence-corrected chi connectivity index (χ1v) is 6.13. The number of carboxylic acid groups (broad SMARTS) is 1. The van der Waals surface area contributed by atoms with Crippen molar-refractivity contribution in [3.8, 4) is 0 Å². The number of aryl methyl sites for hydroxylation is 3. The van der Waals surface area contributed by atoms with E-state index in [1.165, 1.54) is 0 Å². The molecule has 0 aliphatic heterocycles. The minimum Gasteiger partial charge on any atom is -0.475 e. The van der Waals surface area contributed by atoms with Crippen LogP contribution in [0.25, 0.3) is 0 Å². The predicted molar refractivity (Wildman–Crippen MR) is 67.1 cm³/mol. The van der Waals surface area contributed by atoms with E-state index in [2.05, 4.69) is 4.98 Å². The van der Waals surface area contributed by atoms with Crippen LogP contribution in [-0.4, -0.2) is 16.1 Å². The van der Waals surface area contributed by atoms with E-state index >= 15 is 0 Å². The summed E-state index contributed by atoms with van der Waals surface area (Å²) >= 11 is 0. The fourth-order valence-electron chi connectivity index (χ4n) is 1.81. The zero-order valence-corrected chi connectivity index (χ0v) is 11.1. The lowest BCUT2D eigenvalue weighted by Crippen LogP contribution is -2.11. The molecule has 0 saturated heterocycles. The quantitative estimate of drug-likeness (QED) is 0.938. The summed E-state index contributed by atoms with van der Waals surface area (Å²) in [6.07, 6.45) is -4.34. The smallest absolute Gasteiger partial charge is 0.437 e. The summed E-state index contributed by atoms with van der Waals surface area (Å²) in [6.45, 7) is 1.92. The molecule has 0 aliphatic carbocycles. The van der Waals surface area contributed by atoms with Gasteiger partial charge in [-0.1, -0.05) is 29.8 Å². The zero-order valence-electron chi connectivity index (χ0n) is 11.1. The molecule has 21 heavy (non-hydrogen) atoms. The Morgan fingerprint density at radius 3 is 2.33 bits per heavy atom. The summed E-state index contributed by atoms with van der Waals surface area (Å²) in [5.41, 5.74) is 0.487. The van der Waals surface area contributed by atoms with Gasteiger partial charge in [0.05, 0.1) is 0 Å². The van der Waals surface area contributed by atoms with Gasteiger partial charge in [0.1, 0.15) is 0 Å². The van der Waals surface area contributed by atoms with E-state index in [9.17, 15) is 18.0 Å². The lowest BCUT2D eigenvalue weighted by Gasteiger charge is -2.01. The molecular weight excluding hydrogens is 287 g/mol. The lowest BCUT2D eigenvalue weighted by atomic mass is 10.1. The average Bonchev–Trinajstić information content (AvgIpc) is 2.82. The molecule has 0 unspecified atom stereocenters. The molecule has 4 nitrogen and oxygen atoms in total. The monoisotopic (exact) mass is 299 g/mol. The molecule has 0 fully saturated rings. The van der Waals surface area contributed by atoms with Crippen molar-refractivity contribution in [1.82, 2.24) is 4.98 Å². The van der Waals surface area contributed by atoms with Crippen LogP contribution < -0.4 is 0 Å². The van der Waals surface area contributed by atoms with Crippen LogP contribution in [0.3, 0.4) is 0 Å². The van der Waals surface area contributed by atoms with Crippen LogP contribution in [-0.2, 0) is 19.0 Å². The maximum atomic E-state index is 12.6. The first-order valence-electron chi connectivity index (χ1n) is 6.13. The Bertz CT molecular complexity index is 644. The number of rotatable bonds is 4. The third-order valence-corrected chi connectivity index (χ3v) is 2.88. The summed E-state index contributed by atoms with van der Waals surface area (Å²) in [4.78, 5) is 14.0. The number of halogens is 3. The van der Waals surface area contributed by atoms with Crippen molar-refractivity contribution < 1.29 is 27.5 Å². The molecule has 2 rings (SSSR count). The van der Waals surface area contributed by atoms with Crippen molar-refractivity contribution in [2.24, 2.45) is 0 Å². The molecule has 7 heteroatoms. The molecule has 0 bridgehead atoms. The number of benzene rings is 1. The molecule has 2 aromatic rings. The van der Waals surface area contributed by atoms with E-state index in [1.807, 2.05) is 31.2 Å². The Kier molecular flexibility index (Phi) is 4.02. The Labute approximate surface area is 118 Å². The minimum atomic E-state index is -4.85. The standard InChI is InChI=1S/C14H12F3NO3/c1-8-2-4-9(5-3-8)6-7-10-18-12(14(15,16)17)11(21-10)13(19)20/h2-5H,6-7H2,1H3,(H,19,20). The Hall–Kier alpha value is -2.31. The number of oxazole rings is 1. The van der Waals surface area contributed by atoms with E-state index in [0.29, 0.717) is 6.42 Å². The van der Waals surface area contributed by atoms with Crippen molar-refractivity contribution in [1.29, 1.82) is 0 Å². The highest BCUT2D eigenvalue weighted by atomic mass is 19.4. The van der Waals surface area contributed by atoms with E-state index in [-0.39, 0.29) is 12.3 Å². The number of nitrogens with zero attached hydrogens (tertiary/aromatic N) is 1. The van der Waals surface area contributed by atoms with Gasteiger partial charge in [-0.15, -0.1) is 0 Å². The second-order valence-electron chi connectivity index (χ2n) is 4.57. The second kappa shape index (κ2) is 5.59. The Morgan fingerprint density at radius 2 is 1.86 bits per heavy atom. The van der Waals surface area contributed by atoms with E-state index in [0.717, 1.165) is 11.1 Å². The fraction of sp³-hybridized carbons (Fsp3) is 0.286. The molecule has 0 aliphatic rings. The average molecular weight is 299 g/mol. The normalized spacial score (nSPS) is 11.6. The van der Waals surface area contributed by atoms with Crippen LogP contribution in [0, 0.1) is 6.92 Å². The molecule has 0 radical (unpaired) electrons. The summed E-state index contributed by atoms with van der Waals surface area (Å²) in [7, 11) is 0. The van der Waals surface area contributed by atoms with E-state index in [1.54, 1.807) is 0 Å². The second-order valence-corrected chi connectivity index (χ2v) is 4.57. The van der Waals surface area contributed by atoms with Gasteiger partial charge in [0.25, 0.3) is 0 Å². The van der Waals surface area contributed by atoms with Crippen LogP contribution in [0.2, 0.25) is 0 Å². The van der Waals surface area contributed by atoms with E-state index in [4.69, 9.17) is 9.52 Å². The summed E-state index contributed by atoms with van der Waals surface area (Å²) in [6, 6.07) is 7.46. The fourth-order valence-corrected chi connectivity index (χ4v) is 1.81. The summed E-state index contributed by atoms with van der Waals surface area (Å²) < 4.78 is 42.6. The first-order chi connectivity index (χ1) is 9.77. The van der Waals surface area contributed by atoms with Crippen LogP contribution in [0.1, 0.15) is 33.3 Å². The molecule has 112 valence electrons. The third-order valence-electron chi connectivity index (χ3n) is 2.88. The Morgan fingerprint density at radius 1 is 1.24 bits per heavy atom. The first kappa shape index (κ1) is 15.1. The molecule has 0 amide bonds. The van der Waals surface area contributed by atoms with Gasteiger partial charge in [0.2, 0.25) is 5.76 Å². The number of carbonyl (C=O) groups is 1.